The number of aryl methyl sites for hydroxylation is 1. The number of alkyl halides is 1. The summed E-state index contributed by atoms with van der Waals surface area (Å²) in [6.45, 7) is 2.46. The van der Waals surface area contributed by atoms with Gasteiger partial charge in [-0.25, -0.2) is 0 Å². The molecule has 13 heavy (non-hydrogen) atoms. The predicted molar refractivity (Wildman–Crippen MR) is 50.8 cm³/mol. The smallest absolute Gasteiger partial charge is 0.251 e. The Morgan fingerprint density at radius 1 is 1.69 bits per heavy atom. The summed E-state index contributed by atoms with van der Waals surface area (Å²) < 4.78 is 0. The van der Waals surface area contributed by atoms with Crippen LogP contribution in [0.3, 0.4) is 0 Å². The Morgan fingerprint density at radius 2 is 2.46 bits per heavy atom. The summed E-state index contributed by atoms with van der Waals surface area (Å²) in [6, 6.07) is 0. The van der Waals surface area contributed by atoms with Gasteiger partial charge in [-0.05, 0) is 6.92 Å². The van der Waals surface area contributed by atoms with E-state index in [1.54, 1.807) is 4.90 Å². The highest BCUT2D eigenvalue weighted by molar-refractivity contribution is 9.09. The number of aromatic amines is 1. The molecule has 0 radical (unpaired) electrons. The van der Waals surface area contributed by atoms with Crippen molar-refractivity contribution in [1.82, 2.24) is 15.2 Å². The Kier molecular flexibility index (Phi) is 2.07. The first-order valence-electron chi connectivity index (χ1n) is 4.00. The maximum Gasteiger partial charge on any atom is 0.251 e. The summed E-state index contributed by atoms with van der Waals surface area (Å²) in [5.74, 6) is 1.27. The second-order valence-corrected chi connectivity index (χ2v) is 4.32. The van der Waals surface area contributed by atoms with Crippen LogP contribution in [0.15, 0.2) is 0 Å². The molecule has 1 aliphatic heterocycles. The molecule has 1 saturated heterocycles. The largest absolute Gasteiger partial charge is 0.278 e. The van der Waals surface area contributed by atoms with Gasteiger partial charge < -0.3 is 0 Å². The van der Waals surface area contributed by atoms with E-state index in [0.29, 0.717) is 18.9 Å². The molecule has 1 aromatic rings. The van der Waals surface area contributed by atoms with E-state index in [0.717, 1.165) is 5.82 Å². The van der Waals surface area contributed by atoms with Gasteiger partial charge >= 0.3 is 0 Å². The zero-order chi connectivity index (χ0) is 9.42. The summed E-state index contributed by atoms with van der Waals surface area (Å²) in [7, 11) is 0. The fourth-order valence-electron chi connectivity index (χ4n) is 1.31. The number of amides is 1. The van der Waals surface area contributed by atoms with Crippen molar-refractivity contribution in [3.63, 3.8) is 0 Å². The molecular formula is C7H9BrN4O. The van der Waals surface area contributed by atoms with E-state index in [9.17, 15) is 4.79 Å². The van der Waals surface area contributed by atoms with Crippen molar-refractivity contribution in [2.45, 2.75) is 18.2 Å². The third kappa shape index (κ3) is 1.58. The summed E-state index contributed by atoms with van der Waals surface area (Å²) in [4.78, 5) is 17.3. The lowest BCUT2D eigenvalue weighted by Crippen LogP contribution is -2.25. The number of anilines is 1. The number of rotatable bonds is 1. The van der Waals surface area contributed by atoms with E-state index in [-0.39, 0.29) is 10.7 Å². The molecule has 2 heterocycles. The standard InChI is InChI=1S/C7H9BrN4O/c1-4-9-7(11-10-4)12-3-5(8)2-6(12)13/h5H,2-3H2,1H3,(H,9,10,11). The van der Waals surface area contributed by atoms with Crippen LogP contribution in [0.5, 0.6) is 0 Å². The van der Waals surface area contributed by atoms with Crippen LogP contribution in [-0.2, 0) is 4.79 Å². The number of nitrogens with one attached hydrogen (secondary N) is 1. The maximum atomic E-state index is 11.4. The highest BCUT2D eigenvalue weighted by atomic mass is 79.9. The molecule has 1 atom stereocenters. The lowest BCUT2D eigenvalue weighted by Gasteiger charge is -2.09. The van der Waals surface area contributed by atoms with Gasteiger partial charge in [0, 0.05) is 17.8 Å². The summed E-state index contributed by atoms with van der Waals surface area (Å²) in [5.41, 5.74) is 0. The summed E-state index contributed by atoms with van der Waals surface area (Å²) in [5, 5.41) is 6.64. The molecule has 1 amide bonds. The van der Waals surface area contributed by atoms with Gasteiger partial charge in [0.2, 0.25) is 5.91 Å². The van der Waals surface area contributed by atoms with Gasteiger partial charge in [-0.1, -0.05) is 15.9 Å². The van der Waals surface area contributed by atoms with Crippen LogP contribution in [-0.4, -0.2) is 32.5 Å². The van der Waals surface area contributed by atoms with Crippen molar-refractivity contribution in [3.8, 4) is 0 Å². The third-order valence-electron chi connectivity index (χ3n) is 1.90. The zero-order valence-electron chi connectivity index (χ0n) is 7.12. The average molecular weight is 245 g/mol. The molecule has 2 rings (SSSR count). The normalized spacial score (nSPS) is 22.8. The minimum absolute atomic E-state index is 0.0703. The van der Waals surface area contributed by atoms with Gasteiger partial charge in [0.1, 0.15) is 5.82 Å². The lowest BCUT2D eigenvalue weighted by molar-refractivity contribution is -0.117. The van der Waals surface area contributed by atoms with Crippen molar-refractivity contribution in [1.29, 1.82) is 0 Å². The molecule has 0 saturated carbocycles. The van der Waals surface area contributed by atoms with E-state index < -0.39 is 0 Å². The fraction of sp³-hybridized carbons (Fsp3) is 0.571. The Balaban J connectivity index is 2.22. The molecule has 1 N–H and O–H groups in total. The van der Waals surface area contributed by atoms with Gasteiger partial charge in [-0.3, -0.25) is 14.8 Å². The van der Waals surface area contributed by atoms with Crippen molar-refractivity contribution in [2.75, 3.05) is 11.4 Å². The van der Waals surface area contributed by atoms with E-state index >= 15 is 0 Å². The molecular weight excluding hydrogens is 236 g/mol. The van der Waals surface area contributed by atoms with Crippen molar-refractivity contribution in [3.05, 3.63) is 5.82 Å². The molecule has 0 spiro atoms. The van der Waals surface area contributed by atoms with Gasteiger partial charge in [-0.15, -0.1) is 5.10 Å². The maximum absolute atomic E-state index is 11.4. The Hall–Kier alpha value is -0.910. The van der Waals surface area contributed by atoms with Gasteiger partial charge in [0.25, 0.3) is 5.95 Å². The number of nitrogens with zero attached hydrogens (tertiary/aromatic N) is 3. The van der Waals surface area contributed by atoms with E-state index in [2.05, 4.69) is 31.1 Å². The molecule has 70 valence electrons. The van der Waals surface area contributed by atoms with Crippen molar-refractivity contribution >= 4 is 27.8 Å². The topological polar surface area (TPSA) is 61.9 Å². The fourth-order valence-corrected chi connectivity index (χ4v) is 1.88. The molecule has 1 aromatic heterocycles. The van der Waals surface area contributed by atoms with Gasteiger partial charge in [-0.2, -0.15) is 4.98 Å². The number of aromatic nitrogens is 3. The number of carbonyl (C=O) groups is 1. The first-order valence-corrected chi connectivity index (χ1v) is 4.92. The molecule has 1 aliphatic rings. The number of H-pyrrole nitrogens is 1. The molecule has 1 unspecified atom stereocenters. The van der Waals surface area contributed by atoms with Crippen LogP contribution in [0.25, 0.3) is 0 Å². The highest BCUT2D eigenvalue weighted by Crippen LogP contribution is 2.21. The van der Waals surface area contributed by atoms with Gasteiger partial charge in [0.15, 0.2) is 0 Å². The first kappa shape index (κ1) is 8.68. The number of halogens is 1. The van der Waals surface area contributed by atoms with Crippen LogP contribution in [0.4, 0.5) is 5.95 Å². The Labute approximate surface area is 83.7 Å². The zero-order valence-corrected chi connectivity index (χ0v) is 8.71. The van der Waals surface area contributed by atoms with Gasteiger partial charge in [0.05, 0.1) is 0 Å². The second kappa shape index (κ2) is 3.10. The third-order valence-corrected chi connectivity index (χ3v) is 2.52. The molecule has 6 heteroatoms. The molecule has 0 aromatic carbocycles. The molecule has 5 nitrogen and oxygen atoms in total. The van der Waals surface area contributed by atoms with Crippen LogP contribution >= 0.6 is 15.9 Å². The van der Waals surface area contributed by atoms with Crippen LogP contribution in [0.1, 0.15) is 12.2 Å². The first-order chi connectivity index (χ1) is 6.16. The summed E-state index contributed by atoms with van der Waals surface area (Å²) >= 11 is 3.39. The van der Waals surface area contributed by atoms with E-state index in [1.165, 1.54) is 0 Å². The predicted octanol–water partition coefficient (Wildman–Crippen LogP) is 0.613. The average Bonchev–Trinajstić information content (AvgIpc) is 2.58. The quantitative estimate of drug-likeness (QED) is 0.737. The van der Waals surface area contributed by atoms with Crippen molar-refractivity contribution < 1.29 is 4.79 Å². The van der Waals surface area contributed by atoms with Crippen molar-refractivity contribution in [2.24, 2.45) is 0 Å². The Bertz CT molecular complexity index is 337. The minimum Gasteiger partial charge on any atom is -0.278 e. The monoisotopic (exact) mass is 244 g/mol. The molecule has 0 bridgehead atoms. The Morgan fingerprint density at radius 3 is 2.92 bits per heavy atom. The van der Waals surface area contributed by atoms with E-state index in [4.69, 9.17) is 0 Å². The number of hydrogen-bond donors (Lipinski definition) is 1. The molecule has 0 aliphatic carbocycles. The second-order valence-electron chi connectivity index (χ2n) is 3.03. The lowest BCUT2D eigenvalue weighted by atomic mass is 10.4. The van der Waals surface area contributed by atoms with E-state index in [1.807, 2.05) is 6.92 Å². The molecule has 1 fully saturated rings. The minimum atomic E-state index is 0.0703. The SMILES string of the molecule is Cc1nc(N2CC(Br)CC2=O)n[nH]1. The highest BCUT2D eigenvalue weighted by Gasteiger charge is 2.30. The summed E-state index contributed by atoms with van der Waals surface area (Å²) in [6.07, 6.45) is 0.521. The van der Waals surface area contributed by atoms with Crippen LogP contribution in [0.2, 0.25) is 0 Å². The number of hydrogen-bond acceptors (Lipinski definition) is 3. The van der Waals surface area contributed by atoms with Crippen LogP contribution in [0, 0.1) is 6.92 Å². The van der Waals surface area contributed by atoms with Crippen LogP contribution < -0.4 is 4.90 Å². The number of carbonyl (C=O) groups excluding carboxylic acids is 1.